The van der Waals surface area contributed by atoms with Crippen molar-refractivity contribution in [2.75, 3.05) is 6.61 Å². The zero-order valence-corrected chi connectivity index (χ0v) is 11.8. The third kappa shape index (κ3) is 1.84. The average Bonchev–Trinajstić information content (AvgIpc) is 2.83. The van der Waals surface area contributed by atoms with Crippen LogP contribution in [0.5, 0.6) is 5.88 Å². The summed E-state index contributed by atoms with van der Waals surface area (Å²) in [5, 5.41) is 4.72. The van der Waals surface area contributed by atoms with Gasteiger partial charge < -0.3 is 9.47 Å². The summed E-state index contributed by atoms with van der Waals surface area (Å²) in [5.41, 5.74) is 0.310. The molecule has 3 heterocycles. The Hall–Kier alpha value is -2.08. The molecule has 6 nitrogen and oxygen atoms in total. The third-order valence-electron chi connectivity index (χ3n) is 3.04. The lowest BCUT2D eigenvalue weighted by molar-refractivity contribution is -0.748. The Labute approximate surface area is 120 Å². The van der Waals surface area contributed by atoms with Gasteiger partial charge in [-0.3, -0.25) is 0 Å². The van der Waals surface area contributed by atoms with Gasteiger partial charge in [0.2, 0.25) is 6.23 Å². The molecule has 0 aliphatic carbocycles. The van der Waals surface area contributed by atoms with E-state index in [4.69, 9.17) is 21.1 Å². The maximum absolute atomic E-state index is 11.9. The molecular formula is C13H13ClN3O3+. The number of hydrogen-bond donors (Lipinski definition) is 0. The van der Waals surface area contributed by atoms with E-state index in [0.29, 0.717) is 23.2 Å². The Morgan fingerprint density at radius 3 is 3.15 bits per heavy atom. The van der Waals surface area contributed by atoms with Crippen molar-refractivity contribution >= 4 is 17.6 Å². The van der Waals surface area contributed by atoms with Gasteiger partial charge in [0.05, 0.1) is 12.8 Å². The van der Waals surface area contributed by atoms with Crippen molar-refractivity contribution in [2.45, 2.75) is 20.1 Å². The Bertz CT molecular complexity index is 683. The first-order valence-corrected chi connectivity index (χ1v) is 6.63. The molecule has 0 aromatic carbocycles. The topological polar surface area (TPSA) is 57.2 Å². The number of fused-ring (bicyclic) bond motifs is 3. The summed E-state index contributed by atoms with van der Waals surface area (Å²) >= 11 is 6.17. The van der Waals surface area contributed by atoms with Crippen molar-refractivity contribution in [1.29, 1.82) is 0 Å². The fourth-order valence-corrected chi connectivity index (χ4v) is 2.49. The van der Waals surface area contributed by atoms with Crippen molar-refractivity contribution in [2.24, 2.45) is 0 Å². The van der Waals surface area contributed by atoms with Crippen LogP contribution in [0.25, 0.3) is 5.82 Å². The molecular weight excluding hydrogens is 282 g/mol. The molecule has 3 rings (SSSR count). The van der Waals surface area contributed by atoms with Crippen LogP contribution in [0, 0.1) is 0 Å². The summed E-state index contributed by atoms with van der Waals surface area (Å²) in [7, 11) is 0. The smallest absolute Gasteiger partial charge is 0.347 e. The second-order valence-corrected chi connectivity index (χ2v) is 4.68. The number of esters is 1. The lowest BCUT2D eigenvalue weighted by atomic mass is 10.3. The maximum atomic E-state index is 11.9. The molecule has 1 atom stereocenters. The number of halogens is 1. The zero-order valence-electron chi connectivity index (χ0n) is 11.0. The molecule has 1 unspecified atom stereocenters. The minimum absolute atomic E-state index is 0.302. The summed E-state index contributed by atoms with van der Waals surface area (Å²) in [4.78, 5) is 11.9. The molecule has 0 saturated carbocycles. The van der Waals surface area contributed by atoms with Gasteiger partial charge in [-0.1, -0.05) is 9.78 Å². The fourth-order valence-electron chi connectivity index (χ4n) is 2.19. The van der Waals surface area contributed by atoms with E-state index in [1.54, 1.807) is 17.6 Å². The van der Waals surface area contributed by atoms with Gasteiger partial charge in [-0.25, -0.2) is 4.79 Å². The van der Waals surface area contributed by atoms with E-state index in [1.807, 2.05) is 19.1 Å². The standard InChI is InChI=1S/C13H13ClN3O3/c1-3-19-13(18)9-7-15-17-11-6-4-5-10(14)16(11)8(2)20-12(9)17/h4-8H,3H2,1-2H3/q+1. The number of ether oxygens (including phenoxy) is 2. The van der Waals surface area contributed by atoms with Gasteiger partial charge in [0.15, 0.2) is 10.7 Å². The molecule has 0 bridgehead atoms. The first-order chi connectivity index (χ1) is 9.63. The van der Waals surface area contributed by atoms with Crippen LogP contribution in [0.15, 0.2) is 24.4 Å². The summed E-state index contributed by atoms with van der Waals surface area (Å²) in [6, 6.07) is 5.45. The first-order valence-electron chi connectivity index (χ1n) is 6.25. The Morgan fingerprint density at radius 2 is 2.40 bits per heavy atom. The molecule has 0 N–H and O–H groups in total. The first kappa shape index (κ1) is 12.9. The number of rotatable bonds is 2. The summed E-state index contributed by atoms with van der Waals surface area (Å²) in [5.74, 6) is 0.663. The number of carbonyl (C=O) groups is 1. The van der Waals surface area contributed by atoms with Crippen LogP contribution in [0.2, 0.25) is 5.15 Å². The Balaban J connectivity index is 2.14. The SMILES string of the molecule is CCOC(=O)c1cnn2c1OC(C)[n+]1c(Cl)cccc1-2. The van der Waals surface area contributed by atoms with Crippen LogP contribution in [-0.4, -0.2) is 22.4 Å². The van der Waals surface area contributed by atoms with Crippen LogP contribution in [0.3, 0.4) is 0 Å². The molecule has 0 amide bonds. The van der Waals surface area contributed by atoms with E-state index < -0.39 is 5.97 Å². The zero-order chi connectivity index (χ0) is 14.3. The van der Waals surface area contributed by atoms with E-state index >= 15 is 0 Å². The number of aromatic nitrogens is 3. The largest absolute Gasteiger partial charge is 0.462 e. The molecule has 2 aromatic rings. The Morgan fingerprint density at radius 1 is 1.60 bits per heavy atom. The highest BCUT2D eigenvalue weighted by Gasteiger charge is 2.37. The molecule has 2 aromatic heterocycles. The minimum Gasteiger partial charge on any atom is -0.462 e. The number of carbonyl (C=O) groups excluding carboxylic acids is 1. The lowest BCUT2D eigenvalue weighted by Crippen LogP contribution is -2.49. The van der Waals surface area contributed by atoms with Gasteiger partial charge in [0, 0.05) is 13.0 Å². The van der Waals surface area contributed by atoms with Crippen molar-refractivity contribution in [1.82, 2.24) is 9.78 Å². The van der Waals surface area contributed by atoms with Crippen molar-refractivity contribution in [3.63, 3.8) is 0 Å². The second-order valence-electron chi connectivity index (χ2n) is 4.29. The summed E-state index contributed by atoms with van der Waals surface area (Å²) in [6.45, 7) is 3.90. The van der Waals surface area contributed by atoms with Gasteiger partial charge >= 0.3 is 17.7 Å². The number of pyridine rings is 1. The fraction of sp³-hybridized carbons (Fsp3) is 0.308. The normalized spacial score (nSPS) is 16.1. The molecule has 0 spiro atoms. The van der Waals surface area contributed by atoms with E-state index in [1.165, 1.54) is 10.9 Å². The van der Waals surface area contributed by atoms with Gasteiger partial charge in [-0.05, 0) is 30.7 Å². The van der Waals surface area contributed by atoms with Crippen LogP contribution in [0.1, 0.15) is 30.4 Å². The van der Waals surface area contributed by atoms with Crippen molar-refractivity contribution in [3.8, 4) is 11.7 Å². The van der Waals surface area contributed by atoms with Gasteiger partial charge in [0.25, 0.3) is 0 Å². The van der Waals surface area contributed by atoms with Crippen molar-refractivity contribution in [3.05, 3.63) is 35.1 Å². The number of nitrogens with zero attached hydrogens (tertiary/aromatic N) is 3. The number of hydrogen-bond acceptors (Lipinski definition) is 4. The molecule has 104 valence electrons. The Kier molecular flexibility index (Phi) is 3.10. The maximum Gasteiger partial charge on any atom is 0.347 e. The summed E-state index contributed by atoms with van der Waals surface area (Å²) < 4.78 is 14.1. The van der Waals surface area contributed by atoms with Crippen LogP contribution < -0.4 is 9.30 Å². The van der Waals surface area contributed by atoms with Crippen LogP contribution >= 0.6 is 11.6 Å². The molecule has 0 radical (unpaired) electrons. The molecule has 1 aliphatic heterocycles. The minimum atomic E-state index is -0.448. The lowest BCUT2D eigenvalue weighted by Gasteiger charge is -2.20. The predicted octanol–water partition coefficient (Wildman–Crippen LogP) is 1.90. The molecule has 20 heavy (non-hydrogen) atoms. The second kappa shape index (κ2) is 4.79. The molecule has 0 saturated heterocycles. The van der Waals surface area contributed by atoms with E-state index in [2.05, 4.69) is 5.10 Å². The van der Waals surface area contributed by atoms with Crippen LogP contribution in [0.4, 0.5) is 0 Å². The molecule has 1 aliphatic rings. The highest BCUT2D eigenvalue weighted by Crippen LogP contribution is 2.29. The quantitative estimate of drug-likeness (QED) is 0.482. The molecule has 0 fully saturated rings. The van der Waals surface area contributed by atoms with Gasteiger partial charge in [0.1, 0.15) is 0 Å². The van der Waals surface area contributed by atoms with E-state index in [0.717, 1.165) is 5.82 Å². The van der Waals surface area contributed by atoms with Gasteiger partial charge in [-0.15, -0.1) is 0 Å². The third-order valence-corrected chi connectivity index (χ3v) is 3.35. The highest BCUT2D eigenvalue weighted by molar-refractivity contribution is 6.28. The van der Waals surface area contributed by atoms with Crippen LogP contribution in [-0.2, 0) is 4.74 Å². The highest BCUT2D eigenvalue weighted by atomic mass is 35.5. The molecule has 7 heteroatoms. The van der Waals surface area contributed by atoms with Gasteiger partial charge in [-0.2, -0.15) is 4.57 Å². The average molecular weight is 295 g/mol. The monoisotopic (exact) mass is 294 g/mol. The van der Waals surface area contributed by atoms with Crippen molar-refractivity contribution < 1.29 is 18.8 Å². The van der Waals surface area contributed by atoms with E-state index in [9.17, 15) is 4.79 Å². The van der Waals surface area contributed by atoms with E-state index in [-0.39, 0.29) is 6.23 Å². The predicted molar refractivity (Wildman–Crippen MR) is 70.1 cm³/mol. The summed E-state index contributed by atoms with van der Waals surface area (Å²) in [6.07, 6.45) is 1.10.